The van der Waals surface area contributed by atoms with Crippen molar-refractivity contribution in [2.24, 2.45) is 0 Å². The predicted molar refractivity (Wildman–Crippen MR) is 85.7 cm³/mol. The summed E-state index contributed by atoms with van der Waals surface area (Å²) in [5, 5.41) is 0. The molecule has 110 valence electrons. The van der Waals surface area contributed by atoms with Crippen LogP contribution in [-0.4, -0.2) is 18.4 Å². The second-order valence-electron chi connectivity index (χ2n) is 1.85. The molecule has 1 aromatic rings. The molecule has 19 heavy (non-hydrogen) atoms. The molecule has 0 amide bonds. The number of rotatable bonds is 2. The molecule has 0 aliphatic carbocycles. The first-order chi connectivity index (χ1) is 8.43. The third kappa shape index (κ3) is 38.1. The van der Waals surface area contributed by atoms with Gasteiger partial charge in [0.05, 0.1) is 0 Å². The van der Waals surface area contributed by atoms with E-state index in [0.717, 1.165) is 18.7 Å². The summed E-state index contributed by atoms with van der Waals surface area (Å²) in [6, 6.07) is 1.71. The minimum Gasteiger partial charge on any atom is -0.373 e. The van der Waals surface area contributed by atoms with E-state index in [4.69, 9.17) is 0 Å². The number of aryl methyl sites for hydroxylation is 1. The maximum atomic E-state index is 4.03. The van der Waals surface area contributed by atoms with Crippen molar-refractivity contribution in [3.8, 4) is 0 Å². The first-order valence-corrected chi connectivity index (χ1v) is 6.82. The summed E-state index contributed by atoms with van der Waals surface area (Å²) >= 11 is 0. The molecule has 0 unspecified atom stereocenters. The van der Waals surface area contributed by atoms with E-state index in [1.807, 2.05) is 41.5 Å². The molecule has 0 spiro atoms. The largest absolute Gasteiger partial charge is 0.373 e. The third-order valence-corrected chi connectivity index (χ3v) is 1.04. The Labute approximate surface area is 150 Å². The molecular formula is C15H32BN2Y-2. The van der Waals surface area contributed by atoms with E-state index in [-0.39, 0.29) is 41.1 Å². The van der Waals surface area contributed by atoms with Crippen LogP contribution in [0, 0.1) is 13.1 Å². The van der Waals surface area contributed by atoms with Crippen LogP contribution in [0.15, 0.2) is 12.3 Å². The molecule has 1 rings (SSSR count). The van der Waals surface area contributed by atoms with Gasteiger partial charge in [-0.05, 0) is 6.42 Å². The van der Waals surface area contributed by atoms with Crippen molar-refractivity contribution in [1.82, 2.24) is 9.97 Å². The zero-order valence-corrected chi connectivity index (χ0v) is 17.2. The van der Waals surface area contributed by atoms with E-state index in [2.05, 4.69) is 30.0 Å². The fourth-order valence-electron chi connectivity index (χ4n) is 0.641. The van der Waals surface area contributed by atoms with Gasteiger partial charge in [-0.1, -0.05) is 67.3 Å². The Balaban J connectivity index is -0.0000000369. The smallest absolute Gasteiger partial charge is 0.0135 e. The van der Waals surface area contributed by atoms with Gasteiger partial charge in [0.15, 0.2) is 0 Å². The van der Waals surface area contributed by atoms with Gasteiger partial charge in [0.2, 0.25) is 0 Å². The van der Waals surface area contributed by atoms with Gasteiger partial charge in [0, 0.05) is 46.9 Å². The van der Waals surface area contributed by atoms with Crippen molar-refractivity contribution in [1.29, 1.82) is 0 Å². The molecule has 2 nitrogen and oxygen atoms in total. The van der Waals surface area contributed by atoms with E-state index < -0.39 is 0 Å². The van der Waals surface area contributed by atoms with Crippen LogP contribution in [-0.2, 0) is 39.1 Å². The Morgan fingerprint density at radius 3 is 1.74 bits per heavy atom. The number of aromatic nitrogens is 2. The summed E-state index contributed by atoms with van der Waals surface area (Å²) in [5.41, 5.74) is 0. The van der Waals surface area contributed by atoms with Gasteiger partial charge in [-0.2, -0.15) is 6.92 Å². The average molecular weight is 340 g/mol. The van der Waals surface area contributed by atoms with E-state index in [1.54, 1.807) is 19.2 Å². The van der Waals surface area contributed by atoms with Gasteiger partial charge < -0.3 is 16.9 Å². The summed E-state index contributed by atoms with van der Waals surface area (Å²) in [4.78, 5) is 7.96. The minimum atomic E-state index is 0. The molecular weight excluding hydrogens is 308 g/mol. The van der Waals surface area contributed by atoms with Crippen LogP contribution in [0.5, 0.6) is 0 Å². The molecule has 4 heteroatoms. The first kappa shape index (κ1) is 36.5. The fourth-order valence-corrected chi connectivity index (χ4v) is 0.641. The standard InChI is InChI=1S/C7H9N2.3C2H6.C2H5.B.Y/c1-2-4-7-8-5-3-6-9-7;4*1-2;;/h3,5H,2,4H2,1H3;3*1-2H3;1H2,2H3;;/q-1;;;;-1;;. The van der Waals surface area contributed by atoms with E-state index in [9.17, 15) is 0 Å². The van der Waals surface area contributed by atoms with Gasteiger partial charge in [0.1, 0.15) is 0 Å². The molecule has 1 heterocycles. The topological polar surface area (TPSA) is 25.8 Å². The monoisotopic (exact) mass is 340 g/mol. The second-order valence-corrected chi connectivity index (χ2v) is 1.85. The van der Waals surface area contributed by atoms with Crippen molar-refractivity contribution in [2.75, 3.05) is 0 Å². The Kier molecular flexibility index (Phi) is 99.4. The maximum absolute atomic E-state index is 4.03. The second kappa shape index (κ2) is 51.7. The zero-order valence-electron chi connectivity index (χ0n) is 14.3. The van der Waals surface area contributed by atoms with Gasteiger partial charge in [0.25, 0.3) is 0 Å². The van der Waals surface area contributed by atoms with Crippen molar-refractivity contribution >= 4 is 8.41 Å². The average Bonchev–Trinajstić information content (AvgIpc) is 2.49. The van der Waals surface area contributed by atoms with Gasteiger partial charge in [-0.3, -0.25) is 0 Å². The SMILES string of the molecule is CC.CC.CC.CCCc1n[c-]ccn1.[B].[CH2-]C.[Y]. The molecule has 1 aromatic heterocycles. The summed E-state index contributed by atoms with van der Waals surface area (Å²) in [5.74, 6) is 0.889. The summed E-state index contributed by atoms with van der Waals surface area (Å²) in [6.07, 6.45) is 6.50. The molecule has 0 saturated carbocycles. The normalized spacial score (nSPS) is 5.74. The molecule has 0 saturated heterocycles. The molecule has 0 atom stereocenters. The Hall–Kier alpha value is 0.249. The molecule has 0 bridgehead atoms. The van der Waals surface area contributed by atoms with Crippen LogP contribution in [0.25, 0.3) is 0 Å². The molecule has 4 radical (unpaired) electrons. The Morgan fingerprint density at radius 1 is 1.05 bits per heavy atom. The van der Waals surface area contributed by atoms with Crippen LogP contribution in [0.3, 0.4) is 0 Å². The van der Waals surface area contributed by atoms with E-state index in [1.165, 1.54) is 0 Å². The summed E-state index contributed by atoms with van der Waals surface area (Å²) in [6.45, 7) is 19.1. The van der Waals surface area contributed by atoms with Crippen molar-refractivity contribution < 1.29 is 32.7 Å². The Bertz CT molecular complexity index is 173. The molecule has 0 N–H and O–H groups in total. The number of hydrogen-bond acceptors (Lipinski definition) is 2. The fraction of sp³-hybridized carbons (Fsp3) is 0.667. The summed E-state index contributed by atoms with van der Waals surface area (Å²) in [7, 11) is 0. The number of nitrogens with zero attached hydrogens (tertiary/aromatic N) is 2. The van der Waals surface area contributed by atoms with Crippen molar-refractivity contribution in [3.63, 3.8) is 0 Å². The first-order valence-electron chi connectivity index (χ1n) is 6.82. The summed E-state index contributed by atoms with van der Waals surface area (Å²) < 4.78 is 0. The van der Waals surface area contributed by atoms with Crippen LogP contribution >= 0.6 is 0 Å². The van der Waals surface area contributed by atoms with Crippen LogP contribution in [0.2, 0.25) is 0 Å². The quantitative estimate of drug-likeness (QED) is 0.573. The van der Waals surface area contributed by atoms with Crippen molar-refractivity contribution in [3.05, 3.63) is 31.2 Å². The van der Waals surface area contributed by atoms with E-state index in [0.29, 0.717) is 0 Å². The maximum Gasteiger partial charge on any atom is 0.0135 e. The zero-order chi connectivity index (χ0) is 14.5. The van der Waals surface area contributed by atoms with Crippen molar-refractivity contribution in [2.45, 2.75) is 68.2 Å². The predicted octanol–water partition coefficient (Wildman–Crippen LogP) is 4.76. The van der Waals surface area contributed by atoms with Gasteiger partial charge >= 0.3 is 0 Å². The van der Waals surface area contributed by atoms with Crippen LogP contribution in [0.4, 0.5) is 0 Å². The molecule has 0 aromatic carbocycles. The third-order valence-electron chi connectivity index (χ3n) is 1.04. The molecule has 0 fully saturated rings. The number of hydrogen-bond donors (Lipinski definition) is 0. The van der Waals surface area contributed by atoms with Gasteiger partial charge in [-0.15, -0.1) is 6.07 Å². The van der Waals surface area contributed by atoms with Crippen LogP contribution in [0.1, 0.15) is 67.6 Å². The minimum absolute atomic E-state index is 0. The van der Waals surface area contributed by atoms with Gasteiger partial charge in [-0.25, -0.2) is 0 Å². The molecule has 0 aliphatic heterocycles. The molecule has 0 aliphatic rings. The Morgan fingerprint density at radius 2 is 1.47 bits per heavy atom. The van der Waals surface area contributed by atoms with Crippen LogP contribution < -0.4 is 0 Å². The van der Waals surface area contributed by atoms with E-state index >= 15 is 0 Å².